The molecule has 0 spiro atoms. The van der Waals surface area contributed by atoms with Crippen molar-refractivity contribution in [3.8, 4) is 28.5 Å². The number of halogens is 3. The van der Waals surface area contributed by atoms with Crippen molar-refractivity contribution in [2.45, 2.75) is 11.9 Å². The second kappa shape index (κ2) is 10.9. The number of rotatable bonds is 6. The van der Waals surface area contributed by atoms with Crippen LogP contribution in [0, 0.1) is 24.1 Å². The lowest BCUT2D eigenvalue weighted by Gasteiger charge is -2.13. The first-order valence-electron chi connectivity index (χ1n) is 10.5. The van der Waals surface area contributed by atoms with Crippen LogP contribution < -0.4 is 5.32 Å². The fourth-order valence-corrected chi connectivity index (χ4v) is 4.47. The Balaban J connectivity index is 1.68. The summed E-state index contributed by atoms with van der Waals surface area (Å²) in [6.07, 6.45) is 0. The summed E-state index contributed by atoms with van der Waals surface area (Å²) in [6.45, 7) is 1.99. The maximum Gasteiger partial charge on any atom is 0.234 e. The number of anilines is 1. The molecule has 1 aromatic heterocycles. The zero-order valence-corrected chi connectivity index (χ0v) is 20.8. The summed E-state index contributed by atoms with van der Waals surface area (Å²) >= 11 is 13.1. The molecule has 0 aliphatic rings. The lowest BCUT2D eigenvalue weighted by molar-refractivity contribution is -0.113. The molecule has 174 valence electrons. The second-order valence-electron chi connectivity index (χ2n) is 7.69. The van der Waals surface area contributed by atoms with Gasteiger partial charge in [0.1, 0.15) is 16.9 Å². The third-order valence-corrected chi connectivity index (χ3v) is 6.86. The summed E-state index contributed by atoms with van der Waals surface area (Å²) in [4.78, 5) is 17.3. The van der Waals surface area contributed by atoms with Gasteiger partial charge in [-0.1, -0.05) is 64.8 Å². The van der Waals surface area contributed by atoms with Crippen molar-refractivity contribution in [1.29, 1.82) is 5.26 Å². The van der Waals surface area contributed by atoms with Crippen LogP contribution in [0.25, 0.3) is 22.4 Å². The monoisotopic (exact) mass is 521 g/mol. The number of benzene rings is 3. The molecule has 0 saturated heterocycles. The molecule has 0 unspecified atom stereocenters. The Kier molecular flexibility index (Phi) is 7.72. The number of aryl methyl sites for hydroxylation is 1. The van der Waals surface area contributed by atoms with E-state index in [0.29, 0.717) is 43.1 Å². The first kappa shape index (κ1) is 24.7. The van der Waals surface area contributed by atoms with Crippen LogP contribution in [0.4, 0.5) is 10.1 Å². The topological polar surface area (TPSA) is 65.8 Å². The number of pyridine rings is 1. The zero-order valence-electron chi connectivity index (χ0n) is 18.5. The Morgan fingerprint density at radius 3 is 2.34 bits per heavy atom. The maximum absolute atomic E-state index is 13.5. The molecule has 35 heavy (non-hydrogen) atoms. The molecule has 4 rings (SSSR count). The molecule has 4 aromatic rings. The van der Waals surface area contributed by atoms with E-state index in [1.807, 2.05) is 37.3 Å². The van der Waals surface area contributed by atoms with Crippen molar-refractivity contribution >= 4 is 46.6 Å². The van der Waals surface area contributed by atoms with Crippen LogP contribution in [0.1, 0.15) is 11.1 Å². The highest BCUT2D eigenvalue weighted by Crippen LogP contribution is 2.34. The van der Waals surface area contributed by atoms with Gasteiger partial charge in [0.2, 0.25) is 5.91 Å². The van der Waals surface area contributed by atoms with E-state index in [1.165, 1.54) is 12.1 Å². The van der Waals surface area contributed by atoms with E-state index in [0.717, 1.165) is 22.9 Å². The normalized spacial score (nSPS) is 10.6. The molecule has 1 heterocycles. The highest BCUT2D eigenvalue weighted by Gasteiger charge is 2.17. The van der Waals surface area contributed by atoms with E-state index >= 15 is 0 Å². The van der Waals surface area contributed by atoms with Crippen LogP contribution in [-0.2, 0) is 4.79 Å². The minimum absolute atomic E-state index is 0.0160. The second-order valence-corrected chi connectivity index (χ2v) is 9.46. The molecule has 4 nitrogen and oxygen atoms in total. The van der Waals surface area contributed by atoms with Crippen molar-refractivity contribution in [2.75, 3.05) is 11.1 Å². The van der Waals surface area contributed by atoms with Gasteiger partial charge in [-0.15, -0.1) is 0 Å². The highest BCUT2D eigenvalue weighted by atomic mass is 35.5. The average molecular weight is 522 g/mol. The number of amides is 1. The summed E-state index contributed by atoms with van der Waals surface area (Å²) < 4.78 is 13.5. The van der Waals surface area contributed by atoms with E-state index in [4.69, 9.17) is 23.2 Å². The molecule has 1 amide bonds. The third kappa shape index (κ3) is 6.01. The first-order chi connectivity index (χ1) is 16.8. The first-order valence-corrected chi connectivity index (χ1v) is 12.2. The molecule has 0 radical (unpaired) electrons. The Bertz CT molecular complexity index is 1430. The summed E-state index contributed by atoms with van der Waals surface area (Å²) in [6, 6.07) is 22.7. The number of carbonyl (C=O) groups excluding carboxylic acids is 1. The predicted molar refractivity (Wildman–Crippen MR) is 140 cm³/mol. The van der Waals surface area contributed by atoms with E-state index in [1.54, 1.807) is 30.3 Å². The van der Waals surface area contributed by atoms with Gasteiger partial charge >= 0.3 is 0 Å². The van der Waals surface area contributed by atoms with E-state index in [9.17, 15) is 14.4 Å². The average Bonchev–Trinajstić information content (AvgIpc) is 2.85. The molecule has 3 aromatic carbocycles. The van der Waals surface area contributed by atoms with Gasteiger partial charge in [0.25, 0.3) is 0 Å². The Hall–Kier alpha value is -3.37. The fraction of sp³-hybridized carbons (Fsp3) is 0.0741. The smallest absolute Gasteiger partial charge is 0.234 e. The van der Waals surface area contributed by atoms with Crippen LogP contribution in [0.3, 0.4) is 0 Å². The molecule has 8 heteroatoms. The fourth-order valence-electron chi connectivity index (χ4n) is 3.37. The lowest BCUT2D eigenvalue weighted by atomic mass is 9.98. The Labute approximate surface area is 216 Å². The highest BCUT2D eigenvalue weighted by molar-refractivity contribution is 8.00. The number of nitriles is 1. The van der Waals surface area contributed by atoms with Crippen LogP contribution in [0.15, 0.2) is 77.8 Å². The molecule has 0 fully saturated rings. The molecule has 0 atom stereocenters. The van der Waals surface area contributed by atoms with Gasteiger partial charge in [-0.25, -0.2) is 9.37 Å². The number of hydrogen-bond acceptors (Lipinski definition) is 4. The molecule has 0 aliphatic heterocycles. The minimum atomic E-state index is -0.352. The van der Waals surface area contributed by atoms with E-state index < -0.39 is 0 Å². The number of aromatic nitrogens is 1. The lowest BCUT2D eigenvalue weighted by Crippen LogP contribution is -2.14. The quantitative estimate of drug-likeness (QED) is 0.263. The number of hydrogen-bond donors (Lipinski definition) is 1. The van der Waals surface area contributed by atoms with Gasteiger partial charge in [0.15, 0.2) is 0 Å². The summed E-state index contributed by atoms with van der Waals surface area (Å²) in [7, 11) is 0. The van der Waals surface area contributed by atoms with Crippen molar-refractivity contribution in [2.24, 2.45) is 0 Å². The number of thioether (sulfide) groups is 1. The van der Waals surface area contributed by atoms with Crippen molar-refractivity contribution in [3.05, 3.63) is 99.8 Å². The Morgan fingerprint density at radius 2 is 1.69 bits per heavy atom. The number of nitrogens with zero attached hydrogens (tertiary/aromatic N) is 2. The van der Waals surface area contributed by atoms with Gasteiger partial charge < -0.3 is 5.32 Å². The van der Waals surface area contributed by atoms with Gasteiger partial charge in [-0.3, -0.25) is 4.79 Å². The maximum atomic E-state index is 13.5. The van der Waals surface area contributed by atoms with Crippen LogP contribution in [-0.4, -0.2) is 16.6 Å². The van der Waals surface area contributed by atoms with E-state index in [2.05, 4.69) is 16.4 Å². The van der Waals surface area contributed by atoms with Gasteiger partial charge in [-0.2, -0.15) is 5.26 Å². The molecular weight excluding hydrogens is 504 g/mol. The van der Waals surface area contributed by atoms with Crippen LogP contribution in [0.2, 0.25) is 10.0 Å². The Morgan fingerprint density at radius 1 is 1.00 bits per heavy atom. The van der Waals surface area contributed by atoms with Crippen molar-refractivity contribution < 1.29 is 9.18 Å². The number of carbonyl (C=O) groups is 1. The summed E-state index contributed by atoms with van der Waals surface area (Å²) in [5.41, 5.74) is 4.78. The largest absolute Gasteiger partial charge is 0.325 e. The summed E-state index contributed by atoms with van der Waals surface area (Å²) in [5, 5.41) is 13.9. The van der Waals surface area contributed by atoms with Crippen LogP contribution in [0.5, 0.6) is 0 Å². The molecular formula is C27H18Cl2FN3OS. The summed E-state index contributed by atoms with van der Waals surface area (Å²) in [5.74, 6) is -0.625. The molecule has 0 aliphatic carbocycles. The zero-order chi connectivity index (χ0) is 24.9. The van der Waals surface area contributed by atoms with Gasteiger partial charge in [0.05, 0.1) is 27.1 Å². The van der Waals surface area contributed by atoms with Gasteiger partial charge in [0, 0.05) is 16.8 Å². The molecule has 1 N–H and O–H groups in total. The molecule has 0 bridgehead atoms. The van der Waals surface area contributed by atoms with Crippen LogP contribution >= 0.6 is 35.0 Å². The third-order valence-electron chi connectivity index (χ3n) is 5.14. The molecule has 0 saturated carbocycles. The van der Waals surface area contributed by atoms with Gasteiger partial charge in [-0.05, 0) is 61.0 Å². The number of nitrogens with one attached hydrogen (secondary N) is 1. The minimum Gasteiger partial charge on any atom is -0.325 e. The SMILES string of the molecule is Cc1ccc(-c2cc(-c3ccc(F)cc3)nc(SCC(=O)Nc3ccc(Cl)c(Cl)c3)c2C#N)cc1. The standard InChI is InChI=1S/C27H18Cl2FN3OS/c1-16-2-4-17(5-3-16)21-13-25(18-6-8-19(30)9-7-18)33-27(22(21)14-31)35-15-26(34)32-20-10-11-23(28)24(29)12-20/h2-13H,15H2,1H3,(H,32,34). The van der Waals surface area contributed by atoms with Crippen molar-refractivity contribution in [1.82, 2.24) is 4.98 Å². The van der Waals surface area contributed by atoms with Crippen molar-refractivity contribution in [3.63, 3.8) is 0 Å². The predicted octanol–water partition coefficient (Wildman–Crippen LogP) is 7.77. The van der Waals surface area contributed by atoms with E-state index in [-0.39, 0.29) is 17.5 Å².